The molecule has 1 saturated heterocycles. The van der Waals surface area contributed by atoms with E-state index >= 15 is 0 Å². The first-order chi connectivity index (χ1) is 14.6. The zero-order valence-corrected chi connectivity index (χ0v) is 16.1. The van der Waals surface area contributed by atoms with Crippen molar-refractivity contribution in [2.24, 2.45) is 0 Å². The van der Waals surface area contributed by atoms with Crippen LogP contribution in [0.15, 0.2) is 66.7 Å². The number of fused-ring (bicyclic) bond motifs is 1. The Balaban J connectivity index is 1.70. The van der Waals surface area contributed by atoms with Crippen LogP contribution in [0, 0.1) is 11.6 Å². The maximum atomic E-state index is 14.1. The summed E-state index contributed by atoms with van der Waals surface area (Å²) in [6, 6.07) is 17.8. The standard InChI is InChI=1S/C24H19F2N3O/c25-16-6-3-5-15(13-16)21-8-4-12-29(21)24-19-14-17(26)10-11-20(19)27-23(28-24)18-7-1-2-9-22(18)30/h1-3,5-7,9-11,13-14,21,30H,4,8,12H2. The fourth-order valence-electron chi connectivity index (χ4n) is 4.17. The summed E-state index contributed by atoms with van der Waals surface area (Å²) in [4.78, 5) is 11.4. The van der Waals surface area contributed by atoms with Gasteiger partial charge in [-0.15, -0.1) is 0 Å². The van der Waals surface area contributed by atoms with Crippen LogP contribution in [-0.2, 0) is 0 Å². The summed E-state index contributed by atoms with van der Waals surface area (Å²) >= 11 is 0. The number of aromatic hydroxyl groups is 1. The molecule has 0 aliphatic carbocycles. The molecule has 1 unspecified atom stereocenters. The van der Waals surface area contributed by atoms with E-state index in [9.17, 15) is 13.9 Å². The lowest BCUT2D eigenvalue weighted by molar-refractivity contribution is 0.477. The lowest BCUT2D eigenvalue weighted by atomic mass is 10.0. The number of benzene rings is 3. The van der Waals surface area contributed by atoms with Crippen LogP contribution in [-0.4, -0.2) is 21.6 Å². The molecular formula is C24H19F2N3O. The topological polar surface area (TPSA) is 49.3 Å². The highest BCUT2D eigenvalue weighted by Crippen LogP contribution is 2.40. The van der Waals surface area contributed by atoms with Crippen LogP contribution in [0.3, 0.4) is 0 Å². The van der Waals surface area contributed by atoms with Crippen molar-refractivity contribution in [1.29, 1.82) is 0 Å². The second kappa shape index (κ2) is 7.37. The van der Waals surface area contributed by atoms with Crippen LogP contribution in [0.25, 0.3) is 22.3 Å². The molecule has 4 aromatic rings. The van der Waals surface area contributed by atoms with Crippen molar-refractivity contribution in [2.45, 2.75) is 18.9 Å². The quantitative estimate of drug-likeness (QED) is 0.482. The Kier molecular flexibility index (Phi) is 4.54. The van der Waals surface area contributed by atoms with Gasteiger partial charge in [0.1, 0.15) is 23.2 Å². The summed E-state index contributed by atoms with van der Waals surface area (Å²) < 4.78 is 28.0. The molecule has 30 heavy (non-hydrogen) atoms. The van der Waals surface area contributed by atoms with E-state index in [2.05, 4.69) is 9.88 Å². The maximum absolute atomic E-state index is 14.1. The third kappa shape index (κ3) is 3.24. The molecule has 150 valence electrons. The van der Waals surface area contributed by atoms with Gasteiger partial charge in [-0.1, -0.05) is 24.3 Å². The van der Waals surface area contributed by atoms with Crippen LogP contribution < -0.4 is 4.90 Å². The smallest absolute Gasteiger partial charge is 0.165 e. The van der Waals surface area contributed by atoms with Gasteiger partial charge in [0.25, 0.3) is 0 Å². The summed E-state index contributed by atoms with van der Waals surface area (Å²) in [5.41, 5.74) is 1.95. The molecule has 3 aromatic carbocycles. The molecule has 5 rings (SSSR count). The third-order valence-corrected chi connectivity index (χ3v) is 5.54. The van der Waals surface area contributed by atoms with Gasteiger partial charge < -0.3 is 10.0 Å². The monoisotopic (exact) mass is 403 g/mol. The van der Waals surface area contributed by atoms with Gasteiger partial charge in [0.2, 0.25) is 0 Å². The Labute approximate surface area is 172 Å². The number of aromatic nitrogens is 2. The number of para-hydroxylation sites is 1. The number of hydrogen-bond acceptors (Lipinski definition) is 4. The first kappa shape index (κ1) is 18.5. The predicted octanol–water partition coefficient (Wildman–Crippen LogP) is 5.62. The van der Waals surface area contributed by atoms with Gasteiger partial charge in [-0.3, -0.25) is 0 Å². The Bertz CT molecular complexity index is 1240. The number of phenolic OH excluding ortho intramolecular Hbond substituents is 1. The average molecular weight is 403 g/mol. The van der Waals surface area contributed by atoms with Gasteiger partial charge in [0, 0.05) is 11.9 Å². The van der Waals surface area contributed by atoms with E-state index in [1.54, 1.807) is 36.4 Å². The molecule has 1 N–H and O–H groups in total. The SMILES string of the molecule is Oc1ccccc1-c1nc(N2CCCC2c2cccc(F)c2)c2cc(F)ccc2n1. The minimum Gasteiger partial charge on any atom is -0.507 e. The first-order valence-electron chi connectivity index (χ1n) is 9.88. The Morgan fingerprint density at radius 1 is 0.900 bits per heavy atom. The molecule has 6 heteroatoms. The van der Waals surface area contributed by atoms with Gasteiger partial charge in [-0.05, 0) is 60.9 Å². The second-order valence-corrected chi connectivity index (χ2v) is 7.46. The van der Waals surface area contributed by atoms with Crippen molar-refractivity contribution < 1.29 is 13.9 Å². The molecule has 1 aromatic heterocycles. The van der Waals surface area contributed by atoms with Crippen molar-refractivity contribution in [2.75, 3.05) is 11.4 Å². The normalized spacial score (nSPS) is 16.3. The largest absolute Gasteiger partial charge is 0.507 e. The molecule has 1 aliphatic heterocycles. The predicted molar refractivity (Wildman–Crippen MR) is 112 cm³/mol. The van der Waals surface area contributed by atoms with E-state index in [0.29, 0.717) is 34.7 Å². The maximum Gasteiger partial charge on any atom is 0.165 e. The number of phenols is 1. The molecule has 1 aliphatic rings. The van der Waals surface area contributed by atoms with E-state index in [1.165, 1.54) is 24.3 Å². The van der Waals surface area contributed by atoms with E-state index in [1.807, 2.05) is 6.07 Å². The lowest BCUT2D eigenvalue weighted by Gasteiger charge is -2.27. The molecule has 2 heterocycles. The molecule has 0 radical (unpaired) electrons. The number of halogens is 2. The van der Waals surface area contributed by atoms with Crippen molar-refractivity contribution in [3.05, 3.63) is 83.9 Å². The number of nitrogens with zero attached hydrogens (tertiary/aromatic N) is 3. The molecule has 0 bridgehead atoms. The zero-order valence-electron chi connectivity index (χ0n) is 16.1. The van der Waals surface area contributed by atoms with Crippen LogP contribution in [0.1, 0.15) is 24.4 Å². The van der Waals surface area contributed by atoms with Crippen LogP contribution in [0.4, 0.5) is 14.6 Å². The fourth-order valence-corrected chi connectivity index (χ4v) is 4.17. The van der Waals surface area contributed by atoms with Crippen LogP contribution in [0.5, 0.6) is 5.75 Å². The van der Waals surface area contributed by atoms with E-state index < -0.39 is 0 Å². The Morgan fingerprint density at radius 2 is 1.73 bits per heavy atom. The zero-order chi connectivity index (χ0) is 20.7. The van der Waals surface area contributed by atoms with Gasteiger partial charge >= 0.3 is 0 Å². The number of hydrogen-bond donors (Lipinski definition) is 1. The molecular weight excluding hydrogens is 384 g/mol. The highest BCUT2D eigenvalue weighted by atomic mass is 19.1. The third-order valence-electron chi connectivity index (χ3n) is 5.54. The van der Waals surface area contributed by atoms with Crippen LogP contribution >= 0.6 is 0 Å². The number of rotatable bonds is 3. The molecule has 1 atom stereocenters. The van der Waals surface area contributed by atoms with Gasteiger partial charge in [-0.25, -0.2) is 18.7 Å². The molecule has 0 saturated carbocycles. The van der Waals surface area contributed by atoms with E-state index in [0.717, 1.165) is 18.4 Å². The van der Waals surface area contributed by atoms with Crippen LogP contribution in [0.2, 0.25) is 0 Å². The Morgan fingerprint density at radius 3 is 2.57 bits per heavy atom. The highest BCUT2D eigenvalue weighted by molar-refractivity contribution is 5.91. The fraction of sp³-hybridized carbons (Fsp3) is 0.167. The first-order valence-corrected chi connectivity index (χ1v) is 9.88. The Hall–Kier alpha value is -3.54. The van der Waals surface area contributed by atoms with E-state index in [4.69, 9.17) is 4.98 Å². The summed E-state index contributed by atoms with van der Waals surface area (Å²) in [7, 11) is 0. The van der Waals surface area contributed by atoms with E-state index in [-0.39, 0.29) is 23.4 Å². The molecule has 0 spiro atoms. The second-order valence-electron chi connectivity index (χ2n) is 7.46. The van der Waals surface area contributed by atoms with Gasteiger partial charge in [0.15, 0.2) is 5.82 Å². The molecule has 1 fully saturated rings. The summed E-state index contributed by atoms with van der Waals surface area (Å²) in [5, 5.41) is 10.9. The lowest BCUT2D eigenvalue weighted by Crippen LogP contribution is -2.24. The minimum atomic E-state index is -0.371. The van der Waals surface area contributed by atoms with Crippen molar-refractivity contribution in [1.82, 2.24) is 9.97 Å². The molecule has 4 nitrogen and oxygen atoms in total. The van der Waals surface area contributed by atoms with Gasteiger partial charge in [0.05, 0.1) is 17.1 Å². The average Bonchev–Trinajstić information content (AvgIpc) is 3.23. The van der Waals surface area contributed by atoms with Crippen molar-refractivity contribution >= 4 is 16.7 Å². The van der Waals surface area contributed by atoms with Gasteiger partial charge in [-0.2, -0.15) is 0 Å². The van der Waals surface area contributed by atoms with Crippen molar-refractivity contribution in [3.63, 3.8) is 0 Å². The molecule has 0 amide bonds. The minimum absolute atomic E-state index is 0.0701. The summed E-state index contributed by atoms with van der Waals surface area (Å²) in [6.45, 7) is 0.712. The van der Waals surface area contributed by atoms with Crippen molar-refractivity contribution in [3.8, 4) is 17.1 Å². The summed E-state index contributed by atoms with van der Waals surface area (Å²) in [5.74, 6) is 0.377. The highest BCUT2D eigenvalue weighted by Gasteiger charge is 2.29. The number of anilines is 1. The summed E-state index contributed by atoms with van der Waals surface area (Å²) in [6.07, 6.45) is 1.75.